The standard InChI is InChI=1S/C15H22N4O/c1-3-18-15-13(10-19(18)11(2)20)14(8-9-16-15)17-12-6-4-5-7-12/h8-9,12H,3-7,10H2,1-2H3,(H,16,17). The van der Waals surface area contributed by atoms with Gasteiger partial charge in [-0.3, -0.25) is 9.80 Å². The number of hydrogen-bond acceptors (Lipinski definition) is 4. The topological polar surface area (TPSA) is 48.5 Å². The molecule has 1 aromatic rings. The first-order valence-corrected chi connectivity index (χ1v) is 7.50. The summed E-state index contributed by atoms with van der Waals surface area (Å²) in [5.74, 6) is 0.988. The van der Waals surface area contributed by atoms with Gasteiger partial charge in [-0.1, -0.05) is 12.8 Å². The summed E-state index contributed by atoms with van der Waals surface area (Å²) in [5.41, 5.74) is 2.29. The summed E-state index contributed by atoms with van der Waals surface area (Å²) in [5, 5.41) is 7.39. The van der Waals surface area contributed by atoms with Crippen LogP contribution in [0.2, 0.25) is 0 Å². The van der Waals surface area contributed by atoms with Gasteiger partial charge < -0.3 is 5.32 Å². The molecule has 1 aliphatic carbocycles. The third kappa shape index (κ3) is 2.21. The van der Waals surface area contributed by atoms with E-state index in [-0.39, 0.29) is 5.91 Å². The maximum atomic E-state index is 11.8. The van der Waals surface area contributed by atoms with Gasteiger partial charge in [0, 0.05) is 37.0 Å². The highest BCUT2D eigenvalue weighted by Crippen LogP contribution is 2.35. The SMILES string of the molecule is CCN1c2nccc(NC3CCCC3)c2CN1C(C)=O. The van der Waals surface area contributed by atoms with Gasteiger partial charge in [0.15, 0.2) is 5.82 Å². The number of aromatic nitrogens is 1. The van der Waals surface area contributed by atoms with Gasteiger partial charge in [0.05, 0.1) is 6.54 Å². The maximum absolute atomic E-state index is 11.8. The molecule has 0 aromatic carbocycles. The van der Waals surface area contributed by atoms with Crippen LogP contribution in [0.3, 0.4) is 0 Å². The molecule has 108 valence electrons. The van der Waals surface area contributed by atoms with Gasteiger partial charge in [-0.15, -0.1) is 0 Å². The van der Waals surface area contributed by atoms with Crippen molar-refractivity contribution in [3.05, 3.63) is 17.8 Å². The second kappa shape index (κ2) is 5.31. The van der Waals surface area contributed by atoms with E-state index in [1.165, 1.54) is 25.7 Å². The molecule has 0 spiro atoms. The molecule has 1 fully saturated rings. The summed E-state index contributed by atoms with van der Waals surface area (Å²) in [6, 6.07) is 2.61. The van der Waals surface area contributed by atoms with Gasteiger partial charge in [0.2, 0.25) is 5.91 Å². The number of nitrogens with zero attached hydrogens (tertiary/aromatic N) is 3. The Hall–Kier alpha value is -1.78. The number of pyridine rings is 1. The second-order valence-electron chi connectivity index (χ2n) is 5.58. The Morgan fingerprint density at radius 3 is 2.85 bits per heavy atom. The highest BCUT2D eigenvalue weighted by atomic mass is 16.2. The molecule has 0 saturated heterocycles. The number of rotatable bonds is 3. The second-order valence-corrected chi connectivity index (χ2v) is 5.58. The Kier molecular flexibility index (Phi) is 3.51. The molecule has 1 amide bonds. The van der Waals surface area contributed by atoms with Crippen molar-refractivity contribution in [1.29, 1.82) is 0 Å². The minimum atomic E-state index is 0.0664. The highest BCUT2D eigenvalue weighted by Gasteiger charge is 2.31. The first kappa shape index (κ1) is 13.2. The number of carbonyl (C=O) groups is 1. The molecule has 20 heavy (non-hydrogen) atoms. The summed E-state index contributed by atoms with van der Waals surface area (Å²) in [7, 11) is 0. The van der Waals surface area contributed by atoms with E-state index >= 15 is 0 Å². The number of nitrogens with one attached hydrogen (secondary N) is 1. The zero-order valence-electron chi connectivity index (χ0n) is 12.2. The normalized spacial score (nSPS) is 18.5. The molecule has 5 heteroatoms. The minimum Gasteiger partial charge on any atom is -0.382 e. The van der Waals surface area contributed by atoms with Crippen molar-refractivity contribution < 1.29 is 4.79 Å². The molecule has 1 N–H and O–H groups in total. The number of anilines is 2. The summed E-state index contributed by atoms with van der Waals surface area (Å²) < 4.78 is 0. The average Bonchev–Trinajstić information content (AvgIpc) is 3.05. The predicted molar refractivity (Wildman–Crippen MR) is 79.4 cm³/mol. The summed E-state index contributed by atoms with van der Waals surface area (Å²) in [4.78, 5) is 16.2. The van der Waals surface area contributed by atoms with Crippen LogP contribution in [0.4, 0.5) is 11.5 Å². The Labute approximate surface area is 119 Å². The van der Waals surface area contributed by atoms with Crippen molar-refractivity contribution in [1.82, 2.24) is 9.99 Å². The smallest absolute Gasteiger partial charge is 0.238 e. The van der Waals surface area contributed by atoms with Gasteiger partial charge in [0.25, 0.3) is 0 Å². The predicted octanol–water partition coefficient (Wildman–Crippen LogP) is 2.54. The fourth-order valence-electron chi connectivity index (χ4n) is 3.24. The average molecular weight is 274 g/mol. The molecule has 3 rings (SSSR count). The fourth-order valence-corrected chi connectivity index (χ4v) is 3.24. The molecule has 0 bridgehead atoms. The lowest BCUT2D eigenvalue weighted by atomic mass is 10.1. The van der Waals surface area contributed by atoms with Gasteiger partial charge in [0.1, 0.15) is 0 Å². The van der Waals surface area contributed by atoms with Crippen LogP contribution < -0.4 is 10.3 Å². The van der Waals surface area contributed by atoms with Gasteiger partial charge >= 0.3 is 0 Å². The first-order valence-electron chi connectivity index (χ1n) is 7.50. The van der Waals surface area contributed by atoms with Crippen LogP contribution in [0, 0.1) is 0 Å². The number of fused-ring (bicyclic) bond motifs is 1. The van der Waals surface area contributed by atoms with Crippen LogP contribution in [-0.2, 0) is 11.3 Å². The lowest BCUT2D eigenvalue weighted by Crippen LogP contribution is -2.40. The Bertz CT molecular complexity index is 511. The third-order valence-corrected chi connectivity index (χ3v) is 4.25. The van der Waals surface area contributed by atoms with Crippen molar-refractivity contribution in [2.75, 3.05) is 16.9 Å². The zero-order chi connectivity index (χ0) is 14.1. The van der Waals surface area contributed by atoms with E-state index in [2.05, 4.69) is 10.3 Å². The molecule has 5 nitrogen and oxygen atoms in total. The van der Waals surface area contributed by atoms with E-state index in [1.54, 1.807) is 11.9 Å². The third-order valence-electron chi connectivity index (χ3n) is 4.25. The number of hydrogen-bond donors (Lipinski definition) is 1. The fraction of sp³-hybridized carbons (Fsp3) is 0.600. The van der Waals surface area contributed by atoms with Gasteiger partial charge in [-0.25, -0.2) is 9.99 Å². The highest BCUT2D eigenvalue weighted by molar-refractivity contribution is 5.79. The molecule has 1 aliphatic heterocycles. The summed E-state index contributed by atoms with van der Waals surface area (Å²) in [6.07, 6.45) is 6.94. The molecule has 0 radical (unpaired) electrons. The van der Waals surface area contributed by atoms with Crippen molar-refractivity contribution in [2.24, 2.45) is 0 Å². The van der Waals surface area contributed by atoms with E-state index in [1.807, 2.05) is 24.2 Å². The number of hydrazine groups is 1. The van der Waals surface area contributed by atoms with Crippen LogP contribution >= 0.6 is 0 Å². The largest absolute Gasteiger partial charge is 0.382 e. The van der Waals surface area contributed by atoms with E-state index in [4.69, 9.17) is 0 Å². The van der Waals surface area contributed by atoms with E-state index in [0.717, 1.165) is 23.6 Å². The quantitative estimate of drug-likeness (QED) is 0.920. The van der Waals surface area contributed by atoms with Gasteiger partial charge in [-0.05, 0) is 25.8 Å². The van der Waals surface area contributed by atoms with Crippen LogP contribution in [-0.4, -0.2) is 28.5 Å². The van der Waals surface area contributed by atoms with Crippen LogP contribution in [0.1, 0.15) is 45.1 Å². The molecule has 2 heterocycles. The number of carbonyl (C=O) groups excluding carboxylic acids is 1. The van der Waals surface area contributed by atoms with Crippen LogP contribution in [0.5, 0.6) is 0 Å². The summed E-state index contributed by atoms with van der Waals surface area (Å²) >= 11 is 0. The van der Waals surface area contributed by atoms with Crippen LogP contribution in [0.25, 0.3) is 0 Å². The van der Waals surface area contributed by atoms with E-state index in [0.29, 0.717) is 12.6 Å². The lowest BCUT2D eigenvalue weighted by Gasteiger charge is -2.26. The van der Waals surface area contributed by atoms with Gasteiger partial charge in [-0.2, -0.15) is 0 Å². The van der Waals surface area contributed by atoms with E-state index in [9.17, 15) is 4.79 Å². The monoisotopic (exact) mass is 274 g/mol. The first-order chi connectivity index (χ1) is 9.70. The molecule has 2 aliphatic rings. The van der Waals surface area contributed by atoms with Crippen LogP contribution in [0.15, 0.2) is 12.3 Å². The van der Waals surface area contributed by atoms with Crippen molar-refractivity contribution in [3.63, 3.8) is 0 Å². The minimum absolute atomic E-state index is 0.0664. The van der Waals surface area contributed by atoms with Crippen molar-refractivity contribution in [3.8, 4) is 0 Å². The van der Waals surface area contributed by atoms with E-state index < -0.39 is 0 Å². The Morgan fingerprint density at radius 1 is 1.45 bits per heavy atom. The van der Waals surface area contributed by atoms with Crippen molar-refractivity contribution >= 4 is 17.4 Å². The number of amides is 1. The zero-order valence-corrected chi connectivity index (χ0v) is 12.2. The maximum Gasteiger partial charge on any atom is 0.238 e. The van der Waals surface area contributed by atoms with Crippen molar-refractivity contribution in [2.45, 2.75) is 52.1 Å². The molecular weight excluding hydrogens is 252 g/mol. The molecule has 0 atom stereocenters. The lowest BCUT2D eigenvalue weighted by molar-refractivity contribution is -0.129. The summed E-state index contributed by atoms with van der Waals surface area (Å²) in [6.45, 7) is 5.04. The Morgan fingerprint density at radius 2 is 2.20 bits per heavy atom. The molecular formula is C15H22N4O. The molecule has 1 aromatic heterocycles. The Balaban J connectivity index is 1.89. The molecule has 1 saturated carbocycles. The molecule has 0 unspecified atom stereocenters.